The van der Waals surface area contributed by atoms with Crippen molar-refractivity contribution in [3.8, 4) is 0 Å². The van der Waals surface area contributed by atoms with E-state index >= 15 is 0 Å². The maximum absolute atomic E-state index is 11.8. The monoisotopic (exact) mass is 274 g/mol. The van der Waals surface area contributed by atoms with Crippen molar-refractivity contribution in [2.24, 2.45) is 0 Å². The minimum Gasteiger partial charge on any atom is -0.352 e. The molecule has 3 nitrogen and oxygen atoms in total. The van der Waals surface area contributed by atoms with Crippen LogP contribution in [-0.2, 0) is 11.2 Å². The molecule has 17 heavy (non-hydrogen) atoms. The molecule has 2 N–H and O–H groups in total. The lowest BCUT2D eigenvalue weighted by Gasteiger charge is -2.16. The van der Waals surface area contributed by atoms with Crippen LogP contribution in [0.2, 0.25) is 0 Å². The van der Waals surface area contributed by atoms with E-state index in [-0.39, 0.29) is 30.4 Å². The van der Waals surface area contributed by atoms with Gasteiger partial charge >= 0.3 is 0 Å². The first-order chi connectivity index (χ1) is 7.75. The quantitative estimate of drug-likeness (QED) is 0.881. The minimum absolute atomic E-state index is 0. The highest BCUT2D eigenvalue weighted by molar-refractivity contribution is 7.09. The van der Waals surface area contributed by atoms with E-state index in [1.54, 1.807) is 11.3 Å². The summed E-state index contributed by atoms with van der Waals surface area (Å²) < 4.78 is 0. The zero-order valence-corrected chi connectivity index (χ0v) is 11.6. The van der Waals surface area contributed by atoms with Crippen molar-refractivity contribution < 1.29 is 4.79 Å². The summed E-state index contributed by atoms with van der Waals surface area (Å²) in [7, 11) is 0. The molecule has 1 amide bonds. The molecule has 1 aromatic heterocycles. The molecule has 0 spiro atoms. The van der Waals surface area contributed by atoms with Crippen LogP contribution in [0.25, 0.3) is 0 Å². The van der Waals surface area contributed by atoms with Gasteiger partial charge in [0.2, 0.25) is 5.91 Å². The fourth-order valence-corrected chi connectivity index (χ4v) is 2.87. The summed E-state index contributed by atoms with van der Waals surface area (Å²) in [5.74, 6) is 0.154. The maximum Gasteiger partial charge on any atom is 0.237 e. The molecule has 0 aliphatic carbocycles. The topological polar surface area (TPSA) is 41.1 Å². The van der Waals surface area contributed by atoms with E-state index in [1.807, 2.05) is 6.07 Å². The number of nitrogens with one attached hydrogen (secondary N) is 2. The fraction of sp³-hybridized carbons (Fsp3) is 0.583. The number of halogens is 1. The Labute approximate surface area is 112 Å². The van der Waals surface area contributed by atoms with Gasteiger partial charge < -0.3 is 10.6 Å². The van der Waals surface area contributed by atoms with Gasteiger partial charge in [-0.1, -0.05) is 6.07 Å². The molecule has 2 atom stereocenters. The van der Waals surface area contributed by atoms with E-state index in [0.717, 1.165) is 25.8 Å². The lowest BCUT2D eigenvalue weighted by atomic mass is 10.1. The summed E-state index contributed by atoms with van der Waals surface area (Å²) >= 11 is 1.74. The lowest BCUT2D eigenvalue weighted by Crippen LogP contribution is -2.44. The average Bonchev–Trinajstić information content (AvgIpc) is 2.88. The molecule has 0 radical (unpaired) electrons. The van der Waals surface area contributed by atoms with Gasteiger partial charge in [0.25, 0.3) is 0 Å². The first kappa shape index (κ1) is 14.5. The Hall–Kier alpha value is -0.580. The van der Waals surface area contributed by atoms with Crippen LogP contribution in [0.1, 0.15) is 24.6 Å². The zero-order valence-electron chi connectivity index (χ0n) is 9.94. The highest BCUT2D eigenvalue weighted by Gasteiger charge is 2.22. The number of thiophene rings is 1. The highest BCUT2D eigenvalue weighted by Crippen LogP contribution is 2.11. The molecule has 1 aliphatic rings. The molecule has 1 unspecified atom stereocenters. The Bertz CT molecular complexity index is 336. The Balaban J connectivity index is 0.00000144. The molecular weight excluding hydrogens is 256 g/mol. The van der Waals surface area contributed by atoms with Gasteiger partial charge in [-0.15, -0.1) is 23.7 Å². The highest BCUT2D eigenvalue weighted by atomic mass is 35.5. The van der Waals surface area contributed by atoms with Crippen molar-refractivity contribution in [3.05, 3.63) is 22.4 Å². The van der Waals surface area contributed by atoms with E-state index in [2.05, 4.69) is 29.0 Å². The molecule has 1 aromatic rings. The molecule has 2 rings (SSSR count). The van der Waals surface area contributed by atoms with Gasteiger partial charge in [0, 0.05) is 17.3 Å². The summed E-state index contributed by atoms with van der Waals surface area (Å²) in [6, 6.07) is 4.41. The van der Waals surface area contributed by atoms with E-state index in [4.69, 9.17) is 0 Å². The molecule has 0 aromatic carbocycles. The van der Waals surface area contributed by atoms with Crippen molar-refractivity contribution in [1.29, 1.82) is 0 Å². The summed E-state index contributed by atoms with van der Waals surface area (Å²) in [6.07, 6.45) is 3.01. The summed E-state index contributed by atoms with van der Waals surface area (Å²) in [5, 5.41) is 8.35. The van der Waals surface area contributed by atoms with Crippen LogP contribution in [0.3, 0.4) is 0 Å². The number of carbonyl (C=O) groups excluding carboxylic acids is 1. The van der Waals surface area contributed by atoms with Gasteiger partial charge in [0.1, 0.15) is 0 Å². The van der Waals surface area contributed by atoms with E-state index in [9.17, 15) is 4.79 Å². The van der Waals surface area contributed by atoms with Crippen molar-refractivity contribution in [2.45, 2.75) is 38.3 Å². The number of rotatable bonds is 4. The molecule has 0 saturated carbocycles. The SMILES string of the molecule is CC(Cc1cccs1)NC(=O)[C@@H]1CCCN1.Cl. The summed E-state index contributed by atoms with van der Waals surface area (Å²) in [6.45, 7) is 3.03. The molecule has 2 heterocycles. The molecule has 5 heteroatoms. The third kappa shape index (κ3) is 4.30. The Morgan fingerprint density at radius 2 is 2.53 bits per heavy atom. The second kappa shape index (κ2) is 6.99. The van der Waals surface area contributed by atoms with Crippen LogP contribution in [0.4, 0.5) is 0 Å². The van der Waals surface area contributed by atoms with Gasteiger partial charge in [-0.05, 0) is 37.8 Å². The smallest absolute Gasteiger partial charge is 0.237 e. The predicted octanol–water partition coefficient (Wildman–Crippen LogP) is 1.97. The van der Waals surface area contributed by atoms with Gasteiger partial charge in [0.15, 0.2) is 0 Å². The maximum atomic E-state index is 11.8. The largest absolute Gasteiger partial charge is 0.352 e. The first-order valence-corrected chi connectivity index (χ1v) is 6.70. The summed E-state index contributed by atoms with van der Waals surface area (Å²) in [4.78, 5) is 13.1. The molecule has 96 valence electrons. The molecule has 1 aliphatic heterocycles. The van der Waals surface area contributed by atoms with E-state index in [0.29, 0.717) is 0 Å². The number of hydrogen-bond acceptors (Lipinski definition) is 3. The standard InChI is InChI=1S/C12H18N2OS.ClH/c1-9(8-10-4-3-7-16-10)14-12(15)11-5-2-6-13-11;/h3-4,7,9,11,13H,2,5-6,8H2,1H3,(H,14,15);1H/t9?,11-;/m0./s1. The van der Waals surface area contributed by atoms with Crippen molar-refractivity contribution in [2.75, 3.05) is 6.54 Å². The number of carbonyl (C=O) groups is 1. The Morgan fingerprint density at radius 3 is 3.12 bits per heavy atom. The lowest BCUT2D eigenvalue weighted by molar-refractivity contribution is -0.123. The van der Waals surface area contributed by atoms with E-state index < -0.39 is 0 Å². The number of amides is 1. The van der Waals surface area contributed by atoms with Gasteiger partial charge in [-0.3, -0.25) is 4.79 Å². The van der Waals surface area contributed by atoms with Crippen LogP contribution in [-0.4, -0.2) is 24.5 Å². The van der Waals surface area contributed by atoms with Crippen molar-refractivity contribution in [1.82, 2.24) is 10.6 Å². The third-order valence-corrected chi connectivity index (χ3v) is 3.75. The van der Waals surface area contributed by atoms with Crippen LogP contribution >= 0.6 is 23.7 Å². The predicted molar refractivity (Wildman–Crippen MR) is 73.9 cm³/mol. The summed E-state index contributed by atoms with van der Waals surface area (Å²) in [5.41, 5.74) is 0. The molecular formula is C12H19ClN2OS. The second-order valence-electron chi connectivity index (χ2n) is 4.34. The normalized spacial score (nSPS) is 20.6. The second-order valence-corrected chi connectivity index (χ2v) is 5.37. The van der Waals surface area contributed by atoms with Crippen LogP contribution in [0.15, 0.2) is 17.5 Å². The van der Waals surface area contributed by atoms with Gasteiger partial charge in [0.05, 0.1) is 6.04 Å². The molecule has 1 saturated heterocycles. The molecule has 0 bridgehead atoms. The van der Waals surface area contributed by atoms with Gasteiger partial charge in [-0.25, -0.2) is 0 Å². The third-order valence-electron chi connectivity index (χ3n) is 2.85. The zero-order chi connectivity index (χ0) is 11.4. The van der Waals surface area contributed by atoms with E-state index in [1.165, 1.54) is 4.88 Å². The number of hydrogen-bond donors (Lipinski definition) is 2. The Kier molecular flexibility index (Phi) is 5.95. The average molecular weight is 275 g/mol. The minimum atomic E-state index is 0. The molecule has 1 fully saturated rings. The van der Waals surface area contributed by atoms with Gasteiger partial charge in [-0.2, -0.15) is 0 Å². The Morgan fingerprint density at radius 1 is 1.71 bits per heavy atom. The van der Waals surface area contributed by atoms with Crippen molar-refractivity contribution in [3.63, 3.8) is 0 Å². The van der Waals surface area contributed by atoms with Crippen LogP contribution < -0.4 is 10.6 Å². The van der Waals surface area contributed by atoms with Crippen molar-refractivity contribution >= 4 is 29.7 Å². The fourth-order valence-electron chi connectivity index (χ4n) is 2.03. The van der Waals surface area contributed by atoms with Crippen LogP contribution in [0, 0.1) is 0 Å². The van der Waals surface area contributed by atoms with Crippen LogP contribution in [0.5, 0.6) is 0 Å². The first-order valence-electron chi connectivity index (χ1n) is 5.82.